The van der Waals surface area contributed by atoms with Crippen LogP contribution in [0.4, 0.5) is 4.39 Å². The minimum atomic E-state index is -0.607. The predicted octanol–water partition coefficient (Wildman–Crippen LogP) is 2.85. The molecular weight excluding hydrogens is 183 g/mol. The summed E-state index contributed by atoms with van der Waals surface area (Å²) in [6.45, 7) is 6.19. The Morgan fingerprint density at radius 3 is 2.50 bits per heavy atom. The maximum Gasteiger partial charge on any atom is 0.164 e. The summed E-state index contributed by atoms with van der Waals surface area (Å²) in [7, 11) is 0. The van der Waals surface area contributed by atoms with Crippen molar-refractivity contribution in [1.82, 2.24) is 0 Å². The number of hydrogen-bond acceptors (Lipinski definition) is 2. The molecular formula is C11H15FO2. The summed E-state index contributed by atoms with van der Waals surface area (Å²) in [5, 5.41) is 9.10. The number of benzene rings is 1. The van der Waals surface area contributed by atoms with Crippen molar-refractivity contribution in [3.63, 3.8) is 0 Å². The van der Waals surface area contributed by atoms with Crippen molar-refractivity contribution in [2.75, 3.05) is 0 Å². The normalized spacial score (nSPS) is 11.7. The van der Waals surface area contributed by atoms with Crippen molar-refractivity contribution < 1.29 is 14.2 Å². The summed E-state index contributed by atoms with van der Waals surface area (Å²) in [6, 6.07) is 4.21. The van der Waals surface area contributed by atoms with E-state index in [2.05, 4.69) is 0 Å². The third-order valence-corrected chi connectivity index (χ3v) is 1.68. The van der Waals surface area contributed by atoms with Crippen molar-refractivity contribution >= 4 is 0 Å². The van der Waals surface area contributed by atoms with Gasteiger partial charge in [-0.1, -0.05) is 6.07 Å². The van der Waals surface area contributed by atoms with E-state index in [4.69, 9.17) is 9.84 Å². The van der Waals surface area contributed by atoms with Crippen molar-refractivity contribution in [2.45, 2.75) is 33.0 Å². The summed E-state index contributed by atoms with van der Waals surface area (Å²) >= 11 is 0. The van der Waals surface area contributed by atoms with E-state index in [0.29, 0.717) is 6.61 Å². The first-order valence-corrected chi connectivity index (χ1v) is 4.50. The molecule has 0 amide bonds. The van der Waals surface area contributed by atoms with Crippen molar-refractivity contribution in [1.29, 1.82) is 0 Å². The fourth-order valence-electron chi connectivity index (χ4n) is 0.948. The molecule has 14 heavy (non-hydrogen) atoms. The molecule has 0 bridgehead atoms. The lowest BCUT2D eigenvalue weighted by atomic mass is 10.1. The van der Waals surface area contributed by atoms with Gasteiger partial charge in [0.1, 0.15) is 0 Å². The SMILES string of the molecule is CC(C)(C)OCc1ccc(F)c(O)c1. The standard InChI is InChI=1S/C11H15FO2/c1-11(2,3)14-7-8-4-5-9(12)10(13)6-8/h4-6,13H,7H2,1-3H3. The van der Waals surface area contributed by atoms with Gasteiger partial charge in [0.25, 0.3) is 0 Å². The lowest BCUT2D eigenvalue weighted by molar-refractivity contribution is -0.0150. The number of hydrogen-bond donors (Lipinski definition) is 1. The summed E-state index contributed by atoms with van der Waals surface area (Å²) < 4.78 is 18.2. The molecule has 1 aromatic carbocycles. The van der Waals surface area contributed by atoms with Gasteiger partial charge in [0, 0.05) is 0 Å². The van der Waals surface area contributed by atoms with E-state index in [1.807, 2.05) is 20.8 Å². The van der Waals surface area contributed by atoms with Crippen LogP contribution < -0.4 is 0 Å². The third kappa shape index (κ3) is 3.34. The Morgan fingerprint density at radius 1 is 1.36 bits per heavy atom. The van der Waals surface area contributed by atoms with Crippen LogP contribution in [0.2, 0.25) is 0 Å². The van der Waals surface area contributed by atoms with Gasteiger partial charge in [0.2, 0.25) is 0 Å². The molecule has 0 heterocycles. The van der Waals surface area contributed by atoms with Crippen molar-refractivity contribution in [2.24, 2.45) is 0 Å². The fourth-order valence-corrected chi connectivity index (χ4v) is 0.948. The Balaban J connectivity index is 2.65. The average molecular weight is 198 g/mol. The first-order chi connectivity index (χ1) is 6.38. The molecule has 0 aliphatic rings. The van der Waals surface area contributed by atoms with E-state index in [-0.39, 0.29) is 11.4 Å². The second-order valence-electron chi connectivity index (χ2n) is 4.19. The molecule has 0 radical (unpaired) electrons. The second kappa shape index (κ2) is 3.96. The Morgan fingerprint density at radius 2 is 2.00 bits per heavy atom. The molecule has 2 nitrogen and oxygen atoms in total. The van der Waals surface area contributed by atoms with E-state index in [1.165, 1.54) is 12.1 Å². The monoisotopic (exact) mass is 198 g/mol. The van der Waals surface area contributed by atoms with Gasteiger partial charge >= 0.3 is 0 Å². The number of halogens is 1. The first kappa shape index (κ1) is 11.0. The van der Waals surface area contributed by atoms with Crippen LogP contribution in [0.5, 0.6) is 5.75 Å². The molecule has 0 aliphatic carbocycles. The number of rotatable bonds is 2. The molecule has 0 unspecified atom stereocenters. The first-order valence-electron chi connectivity index (χ1n) is 4.50. The highest BCUT2D eigenvalue weighted by Crippen LogP contribution is 2.19. The largest absolute Gasteiger partial charge is 0.505 e. The highest BCUT2D eigenvalue weighted by Gasteiger charge is 2.10. The van der Waals surface area contributed by atoms with E-state index < -0.39 is 5.82 Å². The molecule has 3 heteroatoms. The fraction of sp³-hybridized carbons (Fsp3) is 0.455. The number of ether oxygens (including phenoxy) is 1. The van der Waals surface area contributed by atoms with Gasteiger partial charge in [-0.05, 0) is 38.5 Å². The maximum absolute atomic E-state index is 12.7. The summed E-state index contributed by atoms with van der Waals surface area (Å²) in [5.74, 6) is -0.940. The van der Waals surface area contributed by atoms with Gasteiger partial charge in [0.05, 0.1) is 12.2 Å². The van der Waals surface area contributed by atoms with Crippen molar-refractivity contribution in [3.05, 3.63) is 29.6 Å². The molecule has 78 valence electrons. The molecule has 1 aromatic rings. The molecule has 0 saturated carbocycles. The van der Waals surface area contributed by atoms with Gasteiger partial charge in [0.15, 0.2) is 11.6 Å². The van der Waals surface area contributed by atoms with Gasteiger partial charge in [-0.15, -0.1) is 0 Å². The van der Waals surface area contributed by atoms with Crippen LogP contribution in [0.1, 0.15) is 26.3 Å². The highest BCUT2D eigenvalue weighted by molar-refractivity contribution is 5.28. The minimum absolute atomic E-state index is 0.232. The van der Waals surface area contributed by atoms with Gasteiger partial charge in [-0.3, -0.25) is 0 Å². The predicted molar refractivity (Wildman–Crippen MR) is 52.6 cm³/mol. The van der Waals surface area contributed by atoms with Crippen LogP contribution in [0.25, 0.3) is 0 Å². The highest BCUT2D eigenvalue weighted by atomic mass is 19.1. The molecule has 1 rings (SSSR count). The minimum Gasteiger partial charge on any atom is -0.505 e. The zero-order chi connectivity index (χ0) is 10.8. The van der Waals surface area contributed by atoms with Crippen LogP contribution >= 0.6 is 0 Å². The Hall–Kier alpha value is -1.09. The zero-order valence-electron chi connectivity index (χ0n) is 8.67. The molecule has 0 aliphatic heterocycles. The number of phenolic OH excluding ortho intramolecular Hbond substituents is 1. The van der Waals surface area contributed by atoms with Crippen LogP contribution in [-0.2, 0) is 11.3 Å². The lowest BCUT2D eigenvalue weighted by Gasteiger charge is -2.19. The topological polar surface area (TPSA) is 29.5 Å². The van der Waals surface area contributed by atoms with Crippen LogP contribution in [0.15, 0.2) is 18.2 Å². The van der Waals surface area contributed by atoms with Crippen LogP contribution in [0.3, 0.4) is 0 Å². The second-order valence-corrected chi connectivity index (χ2v) is 4.19. The molecule has 0 fully saturated rings. The summed E-state index contributed by atoms with van der Waals surface area (Å²) in [6.07, 6.45) is 0. The van der Waals surface area contributed by atoms with Crippen LogP contribution in [-0.4, -0.2) is 10.7 Å². The molecule has 1 N–H and O–H groups in total. The van der Waals surface area contributed by atoms with E-state index >= 15 is 0 Å². The summed E-state index contributed by atoms with van der Waals surface area (Å²) in [5.41, 5.74) is 0.531. The smallest absolute Gasteiger partial charge is 0.164 e. The van der Waals surface area contributed by atoms with Gasteiger partial charge in [-0.25, -0.2) is 4.39 Å². The van der Waals surface area contributed by atoms with E-state index in [0.717, 1.165) is 5.56 Å². The van der Waals surface area contributed by atoms with E-state index in [9.17, 15) is 4.39 Å². The Bertz CT molecular complexity index is 316. The number of aromatic hydroxyl groups is 1. The van der Waals surface area contributed by atoms with E-state index in [1.54, 1.807) is 6.07 Å². The average Bonchev–Trinajstić information content (AvgIpc) is 2.06. The summed E-state index contributed by atoms with van der Waals surface area (Å²) in [4.78, 5) is 0. The Labute approximate surface area is 83.3 Å². The number of phenols is 1. The Kier molecular flexibility index (Phi) is 3.11. The molecule has 0 aromatic heterocycles. The quantitative estimate of drug-likeness (QED) is 0.791. The lowest BCUT2D eigenvalue weighted by Crippen LogP contribution is -2.18. The van der Waals surface area contributed by atoms with Crippen molar-refractivity contribution in [3.8, 4) is 5.75 Å². The van der Waals surface area contributed by atoms with Gasteiger partial charge < -0.3 is 9.84 Å². The van der Waals surface area contributed by atoms with Gasteiger partial charge in [-0.2, -0.15) is 0 Å². The molecule has 0 saturated heterocycles. The van der Waals surface area contributed by atoms with Crippen LogP contribution in [0, 0.1) is 5.82 Å². The third-order valence-electron chi connectivity index (χ3n) is 1.68. The zero-order valence-corrected chi connectivity index (χ0v) is 8.67. The maximum atomic E-state index is 12.7. The molecule has 0 atom stereocenters. The molecule has 0 spiro atoms.